The third-order valence-electron chi connectivity index (χ3n) is 2.82. The van der Waals surface area contributed by atoms with E-state index in [0.29, 0.717) is 28.8 Å². The first-order valence-corrected chi connectivity index (χ1v) is 7.05. The van der Waals surface area contributed by atoms with Gasteiger partial charge in [-0.2, -0.15) is 0 Å². The second kappa shape index (κ2) is 6.12. The second-order valence-corrected chi connectivity index (χ2v) is 6.19. The third kappa shape index (κ3) is 3.52. The molecule has 0 aliphatic carbocycles. The molecule has 1 aromatic rings. The van der Waals surface area contributed by atoms with E-state index in [1.807, 2.05) is 11.8 Å². The summed E-state index contributed by atoms with van der Waals surface area (Å²) in [6.07, 6.45) is -0.163. The zero-order valence-corrected chi connectivity index (χ0v) is 11.7. The number of carbonyl (C=O) groups excluding carboxylic acids is 1. The van der Waals surface area contributed by atoms with Crippen molar-refractivity contribution in [2.24, 2.45) is 0 Å². The zero-order chi connectivity index (χ0) is 13.1. The smallest absolute Gasteiger partial charge is 0.186 e. The van der Waals surface area contributed by atoms with Gasteiger partial charge in [-0.3, -0.25) is 9.69 Å². The molecule has 0 saturated carbocycles. The standard InChI is InChI=1S/C12H16ClNO3S/c1-8-4-14(5-9(7-15)17-8)6-10(16)11-2-3-12(13)18-11/h2-3,8-9,15H,4-7H2,1H3. The maximum absolute atomic E-state index is 12.0. The molecule has 1 aromatic heterocycles. The molecular weight excluding hydrogens is 274 g/mol. The van der Waals surface area contributed by atoms with E-state index >= 15 is 0 Å². The molecule has 6 heteroatoms. The van der Waals surface area contributed by atoms with Crippen LogP contribution in [0.1, 0.15) is 16.6 Å². The van der Waals surface area contributed by atoms with E-state index in [9.17, 15) is 4.79 Å². The van der Waals surface area contributed by atoms with Crippen LogP contribution < -0.4 is 0 Å². The van der Waals surface area contributed by atoms with Crippen LogP contribution in [0.3, 0.4) is 0 Å². The van der Waals surface area contributed by atoms with Gasteiger partial charge < -0.3 is 9.84 Å². The number of ketones is 1. The Balaban J connectivity index is 1.94. The molecule has 2 atom stereocenters. The molecule has 1 aliphatic rings. The average Bonchev–Trinajstić information content (AvgIpc) is 2.75. The van der Waals surface area contributed by atoms with E-state index < -0.39 is 0 Å². The SMILES string of the molecule is CC1CN(CC(=O)c2ccc(Cl)s2)CC(CO)O1. The number of hydrogen-bond acceptors (Lipinski definition) is 5. The molecule has 1 fully saturated rings. The van der Waals surface area contributed by atoms with Crippen molar-refractivity contribution in [3.63, 3.8) is 0 Å². The van der Waals surface area contributed by atoms with Gasteiger partial charge in [-0.05, 0) is 19.1 Å². The Morgan fingerprint density at radius 1 is 1.61 bits per heavy atom. The molecule has 4 nitrogen and oxygen atoms in total. The number of hydrogen-bond donors (Lipinski definition) is 1. The highest BCUT2D eigenvalue weighted by atomic mass is 35.5. The lowest BCUT2D eigenvalue weighted by atomic mass is 10.2. The van der Waals surface area contributed by atoms with E-state index in [-0.39, 0.29) is 24.6 Å². The highest BCUT2D eigenvalue weighted by Crippen LogP contribution is 2.22. The molecule has 0 bridgehead atoms. The van der Waals surface area contributed by atoms with Gasteiger partial charge in [0.2, 0.25) is 0 Å². The topological polar surface area (TPSA) is 49.8 Å². The second-order valence-electron chi connectivity index (χ2n) is 4.47. The van der Waals surface area contributed by atoms with Gasteiger partial charge in [-0.25, -0.2) is 0 Å². The van der Waals surface area contributed by atoms with Gasteiger partial charge in [0.25, 0.3) is 0 Å². The number of aliphatic hydroxyl groups is 1. The molecule has 2 rings (SSSR count). The molecule has 0 aromatic carbocycles. The van der Waals surface area contributed by atoms with Crippen LogP contribution in [-0.2, 0) is 4.74 Å². The summed E-state index contributed by atoms with van der Waals surface area (Å²) in [5.41, 5.74) is 0. The van der Waals surface area contributed by atoms with E-state index in [0.717, 1.165) is 0 Å². The summed E-state index contributed by atoms with van der Waals surface area (Å²) in [5, 5.41) is 9.13. The number of ether oxygens (including phenoxy) is 1. The monoisotopic (exact) mass is 289 g/mol. The summed E-state index contributed by atoms with van der Waals surface area (Å²) in [7, 11) is 0. The number of aliphatic hydroxyl groups excluding tert-OH is 1. The van der Waals surface area contributed by atoms with Crippen molar-refractivity contribution >= 4 is 28.7 Å². The average molecular weight is 290 g/mol. The van der Waals surface area contributed by atoms with Crippen LogP contribution in [0.2, 0.25) is 4.34 Å². The fourth-order valence-electron chi connectivity index (χ4n) is 2.12. The Kier molecular flexibility index (Phi) is 4.75. The quantitative estimate of drug-likeness (QED) is 0.857. The number of rotatable bonds is 4. The molecule has 1 saturated heterocycles. The molecule has 0 radical (unpaired) electrons. The Morgan fingerprint density at radius 2 is 2.39 bits per heavy atom. The fourth-order valence-corrected chi connectivity index (χ4v) is 3.09. The summed E-state index contributed by atoms with van der Waals surface area (Å²) in [5.74, 6) is 0.0673. The normalized spacial score (nSPS) is 25.3. The highest BCUT2D eigenvalue weighted by molar-refractivity contribution is 7.18. The maximum Gasteiger partial charge on any atom is 0.186 e. The highest BCUT2D eigenvalue weighted by Gasteiger charge is 2.26. The van der Waals surface area contributed by atoms with Crippen molar-refractivity contribution in [3.8, 4) is 0 Å². The van der Waals surface area contributed by atoms with Crippen molar-refractivity contribution in [2.75, 3.05) is 26.2 Å². The largest absolute Gasteiger partial charge is 0.394 e. The van der Waals surface area contributed by atoms with Gasteiger partial charge in [0.1, 0.15) is 0 Å². The molecule has 2 heterocycles. The number of morpholine rings is 1. The fraction of sp³-hybridized carbons (Fsp3) is 0.583. The van der Waals surface area contributed by atoms with Crippen LogP contribution in [0.4, 0.5) is 0 Å². The van der Waals surface area contributed by atoms with E-state index in [1.54, 1.807) is 12.1 Å². The van der Waals surface area contributed by atoms with Crippen LogP contribution >= 0.6 is 22.9 Å². The van der Waals surface area contributed by atoms with Gasteiger partial charge >= 0.3 is 0 Å². The van der Waals surface area contributed by atoms with Crippen LogP contribution in [0.15, 0.2) is 12.1 Å². The van der Waals surface area contributed by atoms with Gasteiger partial charge in [-0.15, -0.1) is 11.3 Å². The van der Waals surface area contributed by atoms with Gasteiger partial charge in [-0.1, -0.05) is 11.6 Å². The third-order valence-corrected chi connectivity index (χ3v) is 4.09. The summed E-state index contributed by atoms with van der Waals surface area (Å²) >= 11 is 7.12. The first kappa shape index (κ1) is 14.0. The van der Waals surface area contributed by atoms with E-state index in [2.05, 4.69) is 0 Å². The number of thiophene rings is 1. The van der Waals surface area contributed by atoms with E-state index in [4.69, 9.17) is 21.4 Å². The molecule has 18 heavy (non-hydrogen) atoms. The summed E-state index contributed by atoms with van der Waals surface area (Å²) in [6.45, 7) is 3.58. The minimum Gasteiger partial charge on any atom is -0.394 e. The lowest BCUT2D eigenvalue weighted by Crippen LogP contribution is -2.49. The van der Waals surface area contributed by atoms with Gasteiger partial charge in [0.05, 0.1) is 34.6 Å². The predicted molar refractivity (Wildman–Crippen MR) is 71.5 cm³/mol. The molecule has 0 amide bonds. The van der Waals surface area contributed by atoms with E-state index in [1.165, 1.54) is 11.3 Å². The Bertz CT molecular complexity index is 423. The predicted octanol–water partition coefficient (Wildman–Crippen LogP) is 1.67. The number of Topliss-reactive ketones (excluding diaryl/α,β-unsaturated/α-hetero) is 1. The van der Waals surface area contributed by atoms with Crippen LogP contribution in [0, 0.1) is 0 Å². The van der Waals surface area contributed by atoms with Crippen molar-refractivity contribution in [3.05, 3.63) is 21.3 Å². The van der Waals surface area contributed by atoms with Crippen LogP contribution in [0.25, 0.3) is 0 Å². The summed E-state index contributed by atoms with van der Waals surface area (Å²) < 4.78 is 6.16. The molecular formula is C12H16ClNO3S. The van der Waals surface area contributed by atoms with Crippen molar-refractivity contribution in [1.82, 2.24) is 4.90 Å². The summed E-state index contributed by atoms with van der Waals surface area (Å²) in [4.78, 5) is 14.7. The van der Waals surface area contributed by atoms with Crippen molar-refractivity contribution in [1.29, 1.82) is 0 Å². The molecule has 1 aliphatic heterocycles. The lowest BCUT2D eigenvalue weighted by Gasteiger charge is -2.35. The van der Waals surface area contributed by atoms with Gasteiger partial charge in [0.15, 0.2) is 5.78 Å². The zero-order valence-electron chi connectivity index (χ0n) is 10.1. The van der Waals surface area contributed by atoms with Crippen molar-refractivity contribution in [2.45, 2.75) is 19.1 Å². The van der Waals surface area contributed by atoms with Crippen LogP contribution in [-0.4, -0.2) is 54.2 Å². The number of nitrogens with zero attached hydrogens (tertiary/aromatic N) is 1. The minimum absolute atomic E-state index is 0.0140. The van der Waals surface area contributed by atoms with Crippen molar-refractivity contribution < 1.29 is 14.6 Å². The first-order chi connectivity index (χ1) is 8.58. The summed E-state index contributed by atoms with van der Waals surface area (Å²) in [6, 6.07) is 3.49. The number of carbonyl (C=O) groups is 1. The number of halogens is 1. The lowest BCUT2D eigenvalue weighted by molar-refractivity contribution is -0.0926. The maximum atomic E-state index is 12.0. The molecule has 2 unspecified atom stereocenters. The Labute approximate surface area is 115 Å². The Hall–Kier alpha value is -0.460. The Morgan fingerprint density at radius 3 is 3.00 bits per heavy atom. The molecule has 100 valence electrons. The van der Waals surface area contributed by atoms with Gasteiger partial charge in [0, 0.05) is 13.1 Å². The van der Waals surface area contributed by atoms with Crippen LogP contribution in [0.5, 0.6) is 0 Å². The minimum atomic E-state index is -0.200. The first-order valence-electron chi connectivity index (χ1n) is 5.85. The molecule has 1 N–H and O–H groups in total. The molecule has 0 spiro atoms.